The Morgan fingerprint density at radius 3 is 2.96 bits per heavy atom. The van der Waals surface area contributed by atoms with Gasteiger partial charge in [0.05, 0.1) is 0 Å². The second kappa shape index (κ2) is 7.36. The molecule has 0 unspecified atom stereocenters. The van der Waals surface area contributed by atoms with Gasteiger partial charge < -0.3 is 11.1 Å². The Labute approximate surface area is 143 Å². The van der Waals surface area contributed by atoms with Crippen LogP contribution in [0.15, 0.2) is 24.4 Å². The van der Waals surface area contributed by atoms with Gasteiger partial charge in [0.15, 0.2) is 5.13 Å². The highest BCUT2D eigenvalue weighted by atomic mass is 32.1. The molecule has 1 fully saturated rings. The number of nitrogens with zero attached hydrogens (tertiary/aromatic N) is 1. The maximum absolute atomic E-state index is 13.7. The van der Waals surface area contributed by atoms with Gasteiger partial charge in [0, 0.05) is 29.5 Å². The van der Waals surface area contributed by atoms with Crippen molar-refractivity contribution in [2.75, 3.05) is 11.9 Å². The highest BCUT2D eigenvalue weighted by molar-refractivity contribution is 7.15. The van der Waals surface area contributed by atoms with Crippen LogP contribution in [0.25, 0.3) is 0 Å². The van der Waals surface area contributed by atoms with E-state index in [0.717, 1.165) is 30.2 Å². The van der Waals surface area contributed by atoms with Gasteiger partial charge >= 0.3 is 0 Å². The molecule has 1 saturated carbocycles. The summed E-state index contributed by atoms with van der Waals surface area (Å²) in [6.07, 6.45) is 4.79. The first-order chi connectivity index (χ1) is 11.6. The molecule has 7 heteroatoms. The van der Waals surface area contributed by atoms with E-state index in [-0.39, 0.29) is 17.7 Å². The quantitative estimate of drug-likeness (QED) is 0.868. The molecule has 1 amide bonds. The molecule has 1 aliphatic rings. The number of rotatable bonds is 5. The van der Waals surface area contributed by atoms with E-state index < -0.39 is 11.6 Å². The van der Waals surface area contributed by atoms with Crippen LogP contribution in [-0.4, -0.2) is 17.4 Å². The summed E-state index contributed by atoms with van der Waals surface area (Å²) in [6, 6.07) is 3.52. The number of nitrogens with two attached hydrogens (primary N) is 1. The number of nitrogens with one attached hydrogen (secondary N) is 1. The normalized spacial score (nSPS) is 20.3. The lowest BCUT2D eigenvalue weighted by atomic mass is 9.95. The molecule has 2 aromatic rings. The van der Waals surface area contributed by atoms with E-state index in [0.29, 0.717) is 23.7 Å². The molecule has 2 atom stereocenters. The van der Waals surface area contributed by atoms with Crippen LogP contribution in [0.3, 0.4) is 0 Å². The number of thiazole rings is 1. The predicted molar refractivity (Wildman–Crippen MR) is 89.8 cm³/mol. The topological polar surface area (TPSA) is 68.0 Å². The maximum Gasteiger partial charge on any atom is 0.229 e. The van der Waals surface area contributed by atoms with Crippen LogP contribution in [0, 0.1) is 23.5 Å². The number of hydrogen-bond donors (Lipinski definition) is 2. The number of hydrogen-bond acceptors (Lipinski definition) is 4. The zero-order valence-corrected chi connectivity index (χ0v) is 13.9. The molecule has 0 aliphatic heterocycles. The number of halogens is 2. The molecule has 3 rings (SSSR count). The number of carbonyl (C=O) groups is 1. The van der Waals surface area contributed by atoms with Gasteiger partial charge in [-0.05, 0) is 36.9 Å². The first-order valence-corrected chi connectivity index (χ1v) is 8.78. The third kappa shape index (κ3) is 3.79. The number of aromatic nitrogens is 1. The van der Waals surface area contributed by atoms with Crippen molar-refractivity contribution in [3.8, 4) is 0 Å². The molecule has 128 valence electrons. The van der Waals surface area contributed by atoms with Crippen molar-refractivity contribution in [2.45, 2.75) is 25.7 Å². The molecular formula is C17H19F2N3OS. The molecule has 1 aromatic carbocycles. The molecule has 1 aliphatic carbocycles. The number of anilines is 1. The third-order valence-corrected chi connectivity index (χ3v) is 5.37. The number of amides is 1. The van der Waals surface area contributed by atoms with E-state index in [1.54, 1.807) is 6.20 Å². The lowest BCUT2D eigenvalue weighted by molar-refractivity contribution is -0.120. The minimum Gasteiger partial charge on any atom is -0.330 e. The van der Waals surface area contributed by atoms with Gasteiger partial charge in [-0.25, -0.2) is 13.8 Å². The summed E-state index contributed by atoms with van der Waals surface area (Å²) in [4.78, 5) is 17.3. The minimum atomic E-state index is -0.598. The van der Waals surface area contributed by atoms with Crippen molar-refractivity contribution in [1.29, 1.82) is 0 Å². The zero-order chi connectivity index (χ0) is 17.1. The Morgan fingerprint density at radius 1 is 1.38 bits per heavy atom. The fraction of sp³-hybridized carbons (Fsp3) is 0.412. The van der Waals surface area contributed by atoms with Crippen LogP contribution in [0.1, 0.15) is 29.7 Å². The van der Waals surface area contributed by atoms with Gasteiger partial charge in [-0.3, -0.25) is 4.79 Å². The predicted octanol–water partition coefficient (Wildman–Crippen LogP) is 3.33. The molecule has 0 bridgehead atoms. The van der Waals surface area contributed by atoms with Crippen molar-refractivity contribution in [2.24, 2.45) is 17.6 Å². The number of benzene rings is 1. The number of carbonyl (C=O) groups excluding carboxylic acids is 1. The Kier molecular flexibility index (Phi) is 5.20. The standard InChI is InChI=1S/C17H19F2N3OS/c18-12-5-4-10(15(19)7-12)6-13-9-21-17(24-13)22-16(23)14-3-1-2-11(14)8-20/h4-5,7,9,11,14H,1-3,6,8,20H2,(H,21,22,23)/t11-,14-/m1/s1. The average molecular weight is 351 g/mol. The van der Waals surface area contributed by atoms with Gasteiger partial charge in [-0.2, -0.15) is 0 Å². The van der Waals surface area contributed by atoms with Crippen molar-refractivity contribution in [3.05, 3.63) is 46.5 Å². The van der Waals surface area contributed by atoms with Crippen molar-refractivity contribution < 1.29 is 13.6 Å². The molecule has 1 heterocycles. The molecule has 0 radical (unpaired) electrons. The van der Waals surface area contributed by atoms with Gasteiger partial charge in [-0.1, -0.05) is 12.5 Å². The highest BCUT2D eigenvalue weighted by Crippen LogP contribution is 2.32. The van der Waals surface area contributed by atoms with Crippen LogP contribution < -0.4 is 11.1 Å². The monoisotopic (exact) mass is 351 g/mol. The maximum atomic E-state index is 13.7. The Bertz CT molecular complexity index is 734. The summed E-state index contributed by atoms with van der Waals surface area (Å²) in [7, 11) is 0. The van der Waals surface area contributed by atoms with Crippen molar-refractivity contribution in [3.63, 3.8) is 0 Å². The van der Waals surface area contributed by atoms with Crippen LogP contribution in [0.4, 0.5) is 13.9 Å². The second-order valence-corrected chi connectivity index (χ2v) is 7.18. The fourth-order valence-electron chi connectivity index (χ4n) is 3.16. The van der Waals surface area contributed by atoms with Crippen LogP contribution in [0.5, 0.6) is 0 Å². The van der Waals surface area contributed by atoms with Crippen LogP contribution >= 0.6 is 11.3 Å². The first kappa shape index (κ1) is 17.0. The highest BCUT2D eigenvalue weighted by Gasteiger charge is 2.32. The summed E-state index contributed by atoms with van der Waals surface area (Å²) in [5.74, 6) is -1.04. The van der Waals surface area contributed by atoms with Gasteiger partial charge in [0.25, 0.3) is 0 Å². The van der Waals surface area contributed by atoms with Gasteiger partial charge in [0.2, 0.25) is 5.91 Å². The summed E-state index contributed by atoms with van der Waals surface area (Å²) in [5.41, 5.74) is 6.11. The van der Waals surface area contributed by atoms with E-state index in [9.17, 15) is 13.6 Å². The Morgan fingerprint density at radius 2 is 2.21 bits per heavy atom. The van der Waals surface area contributed by atoms with Crippen LogP contribution in [0.2, 0.25) is 0 Å². The molecule has 1 aromatic heterocycles. The molecule has 3 N–H and O–H groups in total. The van der Waals surface area contributed by atoms with E-state index in [4.69, 9.17) is 5.73 Å². The molecule has 24 heavy (non-hydrogen) atoms. The second-order valence-electron chi connectivity index (χ2n) is 6.07. The molecule has 0 saturated heterocycles. The smallest absolute Gasteiger partial charge is 0.229 e. The average Bonchev–Trinajstić information content (AvgIpc) is 3.19. The summed E-state index contributed by atoms with van der Waals surface area (Å²) >= 11 is 1.30. The van der Waals surface area contributed by atoms with Crippen molar-refractivity contribution >= 4 is 22.4 Å². The van der Waals surface area contributed by atoms with E-state index in [1.165, 1.54) is 23.5 Å². The minimum absolute atomic E-state index is 0.0446. The Hall–Kier alpha value is -1.86. The Balaban J connectivity index is 1.64. The fourth-order valence-corrected chi connectivity index (χ4v) is 4.00. The van der Waals surface area contributed by atoms with Crippen molar-refractivity contribution in [1.82, 2.24) is 4.98 Å². The zero-order valence-electron chi connectivity index (χ0n) is 13.1. The van der Waals surface area contributed by atoms with Gasteiger partial charge in [0.1, 0.15) is 11.6 Å². The van der Waals surface area contributed by atoms with E-state index in [2.05, 4.69) is 10.3 Å². The lowest BCUT2D eigenvalue weighted by Gasteiger charge is -2.16. The van der Waals surface area contributed by atoms with E-state index in [1.807, 2.05) is 0 Å². The summed E-state index contributed by atoms with van der Waals surface area (Å²) in [5, 5.41) is 3.34. The molecule has 0 spiro atoms. The first-order valence-electron chi connectivity index (χ1n) is 7.96. The largest absolute Gasteiger partial charge is 0.330 e. The molecule has 4 nitrogen and oxygen atoms in total. The summed E-state index contributed by atoms with van der Waals surface area (Å²) in [6.45, 7) is 0.519. The van der Waals surface area contributed by atoms with Gasteiger partial charge in [-0.15, -0.1) is 11.3 Å². The summed E-state index contributed by atoms with van der Waals surface area (Å²) < 4.78 is 26.6. The third-order valence-electron chi connectivity index (χ3n) is 4.46. The lowest BCUT2D eigenvalue weighted by Crippen LogP contribution is -2.29. The SMILES string of the molecule is NC[C@H]1CCC[C@H]1C(=O)Nc1ncc(Cc2ccc(F)cc2F)s1. The van der Waals surface area contributed by atoms with E-state index >= 15 is 0 Å². The molecular weight excluding hydrogens is 332 g/mol. The van der Waals surface area contributed by atoms with Crippen LogP contribution in [-0.2, 0) is 11.2 Å².